The van der Waals surface area contributed by atoms with E-state index >= 15 is 0 Å². The van der Waals surface area contributed by atoms with E-state index in [-0.39, 0.29) is 5.91 Å². The van der Waals surface area contributed by atoms with Gasteiger partial charge in [0.25, 0.3) is 5.91 Å². The van der Waals surface area contributed by atoms with Crippen LogP contribution in [-0.4, -0.2) is 22.8 Å². The maximum Gasteiger partial charge on any atom is 0.254 e. The van der Waals surface area contributed by atoms with Crippen LogP contribution in [0, 0.1) is 6.92 Å². The molecule has 3 rings (SSSR count). The molecule has 0 fully saturated rings. The summed E-state index contributed by atoms with van der Waals surface area (Å²) in [4.78, 5) is 18.5. The Balaban J connectivity index is 1.58. The molecule has 0 aliphatic rings. The average molecular weight is 358 g/mol. The highest BCUT2D eigenvalue weighted by Crippen LogP contribution is 2.26. The summed E-state index contributed by atoms with van der Waals surface area (Å²) in [6, 6.07) is 11.4. The summed E-state index contributed by atoms with van der Waals surface area (Å²) >= 11 is 3.38. The van der Waals surface area contributed by atoms with Crippen molar-refractivity contribution in [2.24, 2.45) is 0 Å². The fourth-order valence-electron chi connectivity index (χ4n) is 2.22. The third kappa shape index (κ3) is 4.27. The standard InChI is InChI=1S/C18H18N2O2S2/c1-13-11-23-18(19-13)24-12-14-5-7-15(8-6-14)17(21)20(2)10-16-4-3-9-22-16/h3-9,11H,10,12H2,1-2H3. The van der Waals surface area contributed by atoms with Crippen LogP contribution in [0.25, 0.3) is 0 Å². The van der Waals surface area contributed by atoms with Crippen molar-refractivity contribution >= 4 is 29.0 Å². The third-order valence-corrected chi connectivity index (χ3v) is 5.69. The summed E-state index contributed by atoms with van der Waals surface area (Å²) in [5, 5.41) is 2.05. The summed E-state index contributed by atoms with van der Waals surface area (Å²) < 4.78 is 6.36. The Hall–Kier alpha value is -2.05. The first-order valence-electron chi connectivity index (χ1n) is 7.53. The summed E-state index contributed by atoms with van der Waals surface area (Å²) in [7, 11) is 1.78. The Bertz CT molecular complexity index is 795. The topological polar surface area (TPSA) is 46.3 Å². The number of thiazole rings is 1. The van der Waals surface area contributed by atoms with E-state index in [9.17, 15) is 4.79 Å². The number of amides is 1. The molecule has 0 radical (unpaired) electrons. The van der Waals surface area contributed by atoms with E-state index in [1.165, 1.54) is 5.56 Å². The van der Waals surface area contributed by atoms with E-state index in [0.717, 1.165) is 21.5 Å². The maximum atomic E-state index is 12.4. The Kier molecular flexibility index (Phi) is 5.37. The number of aryl methyl sites for hydroxylation is 1. The number of hydrogen-bond acceptors (Lipinski definition) is 5. The molecule has 1 aromatic carbocycles. The Labute approximate surface area is 149 Å². The van der Waals surface area contributed by atoms with Crippen molar-refractivity contribution in [3.63, 3.8) is 0 Å². The second kappa shape index (κ2) is 7.68. The monoisotopic (exact) mass is 358 g/mol. The van der Waals surface area contributed by atoms with Crippen LogP contribution in [0.15, 0.2) is 56.8 Å². The van der Waals surface area contributed by atoms with Gasteiger partial charge in [-0.25, -0.2) is 4.98 Å². The normalized spacial score (nSPS) is 10.8. The highest BCUT2D eigenvalue weighted by atomic mass is 32.2. The molecule has 0 bridgehead atoms. The van der Waals surface area contributed by atoms with Gasteiger partial charge >= 0.3 is 0 Å². The lowest BCUT2D eigenvalue weighted by molar-refractivity contribution is 0.0775. The van der Waals surface area contributed by atoms with Gasteiger partial charge in [-0.05, 0) is 36.8 Å². The van der Waals surface area contributed by atoms with Crippen LogP contribution >= 0.6 is 23.1 Å². The molecule has 0 saturated carbocycles. The van der Waals surface area contributed by atoms with E-state index in [1.807, 2.05) is 43.3 Å². The zero-order valence-electron chi connectivity index (χ0n) is 13.6. The lowest BCUT2D eigenvalue weighted by Crippen LogP contribution is -2.25. The van der Waals surface area contributed by atoms with E-state index in [2.05, 4.69) is 10.4 Å². The van der Waals surface area contributed by atoms with Crippen LogP contribution in [0.5, 0.6) is 0 Å². The zero-order chi connectivity index (χ0) is 16.9. The van der Waals surface area contributed by atoms with Crippen molar-refractivity contribution in [2.45, 2.75) is 23.6 Å². The minimum atomic E-state index is -0.0128. The van der Waals surface area contributed by atoms with Crippen LogP contribution in [0.1, 0.15) is 27.4 Å². The number of nitrogens with zero attached hydrogens (tertiary/aromatic N) is 2. The molecule has 0 spiro atoms. The van der Waals surface area contributed by atoms with Gasteiger partial charge in [0.1, 0.15) is 10.1 Å². The molecule has 2 heterocycles. The molecule has 4 nitrogen and oxygen atoms in total. The first kappa shape index (κ1) is 16.8. The van der Waals surface area contributed by atoms with Crippen LogP contribution in [0.2, 0.25) is 0 Å². The predicted molar refractivity (Wildman–Crippen MR) is 97.4 cm³/mol. The van der Waals surface area contributed by atoms with E-state index < -0.39 is 0 Å². The van der Waals surface area contributed by atoms with Crippen molar-refractivity contribution in [1.82, 2.24) is 9.88 Å². The van der Waals surface area contributed by atoms with Crippen molar-refractivity contribution in [3.8, 4) is 0 Å². The summed E-state index contributed by atoms with van der Waals surface area (Å²) in [5.41, 5.74) is 2.92. The van der Waals surface area contributed by atoms with E-state index in [4.69, 9.17) is 4.42 Å². The number of carbonyl (C=O) groups is 1. The number of furan rings is 1. The van der Waals surface area contributed by atoms with E-state index in [1.54, 1.807) is 41.3 Å². The van der Waals surface area contributed by atoms with Crippen LogP contribution in [0.3, 0.4) is 0 Å². The maximum absolute atomic E-state index is 12.4. The van der Waals surface area contributed by atoms with Crippen molar-refractivity contribution < 1.29 is 9.21 Å². The molecule has 3 aromatic rings. The molecule has 0 atom stereocenters. The lowest BCUT2D eigenvalue weighted by Gasteiger charge is -2.16. The molecule has 0 aliphatic heterocycles. The highest BCUT2D eigenvalue weighted by molar-refractivity contribution is 8.00. The third-order valence-electron chi connectivity index (χ3n) is 3.48. The molecule has 24 heavy (non-hydrogen) atoms. The molecular formula is C18H18N2O2S2. The van der Waals surface area contributed by atoms with Gasteiger partial charge in [-0.15, -0.1) is 11.3 Å². The number of benzene rings is 1. The molecule has 6 heteroatoms. The van der Waals surface area contributed by atoms with E-state index in [0.29, 0.717) is 12.1 Å². The first-order chi connectivity index (χ1) is 11.6. The predicted octanol–water partition coefficient (Wildman–Crippen LogP) is 4.61. The van der Waals surface area contributed by atoms with Gasteiger partial charge in [0.2, 0.25) is 0 Å². The summed E-state index contributed by atoms with van der Waals surface area (Å²) in [6.45, 7) is 2.47. The number of thioether (sulfide) groups is 1. The molecule has 0 N–H and O–H groups in total. The number of rotatable bonds is 6. The van der Waals surface area contributed by atoms with Crippen molar-refractivity contribution in [2.75, 3.05) is 7.05 Å². The second-order valence-corrected chi connectivity index (χ2v) is 7.56. The fourth-order valence-corrected chi connectivity index (χ4v) is 4.02. The molecule has 124 valence electrons. The minimum Gasteiger partial charge on any atom is -0.467 e. The number of carbonyl (C=O) groups excluding carboxylic acids is 1. The number of aromatic nitrogens is 1. The molecule has 2 aromatic heterocycles. The fraction of sp³-hybridized carbons (Fsp3) is 0.222. The van der Waals surface area contributed by atoms with Gasteiger partial charge in [0.15, 0.2) is 0 Å². The smallest absolute Gasteiger partial charge is 0.254 e. The lowest BCUT2D eigenvalue weighted by atomic mass is 10.1. The zero-order valence-corrected chi connectivity index (χ0v) is 15.2. The molecule has 0 aliphatic carbocycles. The summed E-state index contributed by atoms with van der Waals surface area (Å²) in [6.07, 6.45) is 1.62. The molecular weight excluding hydrogens is 340 g/mol. The van der Waals surface area contributed by atoms with Gasteiger partial charge < -0.3 is 9.32 Å². The van der Waals surface area contributed by atoms with Gasteiger partial charge in [-0.1, -0.05) is 23.9 Å². The van der Waals surface area contributed by atoms with Crippen LogP contribution < -0.4 is 0 Å². The quantitative estimate of drug-likeness (QED) is 0.604. The van der Waals surface area contributed by atoms with Crippen LogP contribution in [-0.2, 0) is 12.3 Å². The number of hydrogen-bond donors (Lipinski definition) is 0. The average Bonchev–Trinajstić information content (AvgIpc) is 3.24. The van der Waals surface area contributed by atoms with Gasteiger partial charge in [0, 0.05) is 29.4 Å². The van der Waals surface area contributed by atoms with Crippen molar-refractivity contribution in [1.29, 1.82) is 0 Å². The van der Waals surface area contributed by atoms with Crippen molar-refractivity contribution in [3.05, 3.63) is 70.6 Å². The minimum absolute atomic E-state index is 0.0128. The second-order valence-electron chi connectivity index (χ2n) is 5.48. The van der Waals surface area contributed by atoms with Crippen LogP contribution in [0.4, 0.5) is 0 Å². The molecule has 0 saturated heterocycles. The Morgan fingerprint density at radius 1 is 1.29 bits per heavy atom. The van der Waals surface area contributed by atoms with Gasteiger partial charge in [0.05, 0.1) is 12.8 Å². The largest absolute Gasteiger partial charge is 0.467 e. The first-order valence-corrected chi connectivity index (χ1v) is 9.40. The SMILES string of the molecule is Cc1csc(SCc2ccc(C(=O)N(C)Cc3ccco3)cc2)n1. The van der Waals surface area contributed by atoms with Gasteiger partial charge in [-0.3, -0.25) is 4.79 Å². The Morgan fingerprint density at radius 3 is 2.71 bits per heavy atom. The Morgan fingerprint density at radius 2 is 2.08 bits per heavy atom. The summed E-state index contributed by atoms with van der Waals surface area (Å²) in [5.74, 6) is 1.61. The molecule has 0 unspecified atom stereocenters. The highest BCUT2D eigenvalue weighted by Gasteiger charge is 2.13. The van der Waals surface area contributed by atoms with Gasteiger partial charge in [-0.2, -0.15) is 0 Å². The molecule has 1 amide bonds.